The van der Waals surface area contributed by atoms with Crippen molar-refractivity contribution in [2.24, 2.45) is 0 Å². The van der Waals surface area contributed by atoms with Gasteiger partial charge in [-0.05, 0) is 24.3 Å². The molecule has 0 bridgehead atoms. The van der Waals surface area contributed by atoms with Crippen LogP contribution in [0.25, 0.3) is 11.3 Å². The van der Waals surface area contributed by atoms with Gasteiger partial charge < -0.3 is 9.52 Å². The summed E-state index contributed by atoms with van der Waals surface area (Å²) in [5, 5.41) is 31.5. The Labute approximate surface area is 146 Å². The van der Waals surface area contributed by atoms with E-state index >= 15 is 0 Å². The van der Waals surface area contributed by atoms with Gasteiger partial charge in [0.05, 0.1) is 22.0 Å². The number of benzene rings is 2. The van der Waals surface area contributed by atoms with E-state index in [0.29, 0.717) is 11.3 Å². The van der Waals surface area contributed by atoms with Gasteiger partial charge in [-0.3, -0.25) is 20.2 Å². The van der Waals surface area contributed by atoms with Crippen LogP contribution in [0.1, 0.15) is 0 Å². The maximum absolute atomic E-state index is 10.9. The van der Waals surface area contributed by atoms with Crippen LogP contribution in [0.4, 0.5) is 22.9 Å². The lowest BCUT2D eigenvalue weighted by molar-refractivity contribution is -0.385. The van der Waals surface area contributed by atoms with E-state index in [1.54, 1.807) is 24.3 Å². The molecule has 26 heavy (non-hydrogen) atoms. The molecule has 9 heteroatoms. The average Bonchev–Trinajstić information content (AvgIpc) is 3.11. The Kier molecular flexibility index (Phi) is 4.19. The molecule has 130 valence electrons. The van der Waals surface area contributed by atoms with Crippen LogP contribution < -0.4 is 4.58 Å². The zero-order valence-corrected chi connectivity index (χ0v) is 13.2. The Morgan fingerprint density at radius 1 is 0.885 bits per heavy atom. The van der Waals surface area contributed by atoms with Gasteiger partial charge in [0.1, 0.15) is 12.5 Å². The largest absolute Gasteiger partial charge is 0.502 e. The third-order valence-corrected chi connectivity index (χ3v) is 3.68. The van der Waals surface area contributed by atoms with Crippen LogP contribution in [-0.2, 0) is 0 Å². The highest BCUT2D eigenvalue weighted by atomic mass is 16.6. The van der Waals surface area contributed by atoms with Crippen molar-refractivity contribution in [1.29, 1.82) is 0 Å². The summed E-state index contributed by atoms with van der Waals surface area (Å²) < 4.78 is 6.87. The number of phenols is 1. The van der Waals surface area contributed by atoms with Crippen LogP contribution in [0, 0.1) is 20.2 Å². The molecule has 0 atom stereocenters. The first-order valence-electron chi connectivity index (χ1n) is 7.29. The summed E-state index contributed by atoms with van der Waals surface area (Å²) in [6, 6.07) is 12.5. The van der Waals surface area contributed by atoms with Crippen molar-refractivity contribution in [3.63, 3.8) is 0 Å². The minimum absolute atomic E-state index is 0.0409. The number of nitro groups is 2. The summed E-state index contributed by atoms with van der Waals surface area (Å²) in [5.41, 5.74) is 0.469. The number of nitro benzene ring substituents is 2. The Hall–Kier alpha value is -4.01. The number of aromatic hydroxyl groups is 1. The number of phenolic OH excluding ortho intramolecular Hbond substituents is 1. The molecule has 0 saturated heterocycles. The van der Waals surface area contributed by atoms with Gasteiger partial charge in [-0.2, -0.15) is 0 Å². The molecule has 9 nitrogen and oxygen atoms in total. The second-order valence-electron chi connectivity index (χ2n) is 5.30. The van der Waals surface area contributed by atoms with Crippen molar-refractivity contribution < 1.29 is 19.4 Å². The number of hydrogen-bond acceptors (Lipinski definition) is 6. The van der Waals surface area contributed by atoms with Crippen molar-refractivity contribution >= 4 is 29.7 Å². The van der Waals surface area contributed by atoms with Crippen molar-refractivity contribution in [2.75, 3.05) is 0 Å². The molecular formula is C17H12N3O6+. The minimum atomic E-state index is -0.582. The van der Waals surface area contributed by atoms with E-state index in [1.165, 1.54) is 34.9 Å². The van der Waals surface area contributed by atoms with E-state index in [2.05, 4.69) is 6.72 Å². The van der Waals surface area contributed by atoms with Gasteiger partial charge in [0, 0.05) is 23.8 Å². The maximum Gasteiger partial charge on any atom is 0.378 e. The zero-order chi connectivity index (χ0) is 18.8. The molecule has 0 fully saturated rings. The molecule has 0 aliphatic carbocycles. The number of hydrogen-bond donors (Lipinski definition) is 1. The molecule has 3 rings (SSSR count). The summed E-state index contributed by atoms with van der Waals surface area (Å²) in [7, 11) is 0. The molecule has 2 aromatic carbocycles. The normalized spacial score (nSPS) is 10.5. The molecule has 0 saturated carbocycles. The molecule has 1 heterocycles. The van der Waals surface area contributed by atoms with Gasteiger partial charge in [-0.1, -0.05) is 0 Å². The van der Waals surface area contributed by atoms with Gasteiger partial charge in [0.15, 0.2) is 5.75 Å². The molecule has 0 spiro atoms. The van der Waals surface area contributed by atoms with Crippen molar-refractivity contribution in [3.05, 3.63) is 74.8 Å². The predicted molar refractivity (Wildman–Crippen MR) is 94.1 cm³/mol. The van der Waals surface area contributed by atoms with Gasteiger partial charge in [0.2, 0.25) is 0 Å². The second-order valence-corrected chi connectivity index (χ2v) is 5.30. The van der Waals surface area contributed by atoms with Crippen molar-refractivity contribution in [1.82, 2.24) is 4.58 Å². The summed E-state index contributed by atoms with van der Waals surface area (Å²) in [5.74, 6) is 0.460. The van der Waals surface area contributed by atoms with Crippen LogP contribution in [0.3, 0.4) is 0 Å². The van der Waals surface area contributed by atoms with Crippen LogP contribution in [-0.4, -0.2) is 21.7 Å². The Morgan fingerprint density at radius 3 is 2.12 bits per heavy atom. The maximum atomic E-state index is 10.9. The molecular weight excluding hydrogens is 342 g/mol. The van der Waals surface area contributed by atoms with E-state index in [0.717, 1.165) is 0 Å². The fourth-order valence-electron chi connectivity index (χ4n) is 2.34. The van der Waals surface area contributed by atoms with E-state index in [1.807, 2.05) is 0 Å². The monoisotopic (exact) mass is 354 g/mol. The first-order valence-corrected chi connectivity index (χ1v) is 7.29. The Morgan fingerprint density at radius 2 is 1.50 bits per heavy atom. The topological polar surface area (TPSA) is 123 Å². The van der Waals surface area contributed by atoms with E-state index in [-0.39, 0.29) is 28.7 Å². The lowest BCUT2D eigenvalue weighted by Gasteiger charge is -2.00. The first-order chi connectivity index (χ1) is 12.4. The highest BCUT2D eigenvalue weighted by molar-refractivity contribution is 5.67. The smallest absolute Gasteiger partial charge is 0.378 e. The van der Waals surface area contributed by atoms with Gasteiger partial charge >= 0.3 is 5.88 Å². The molecule has 0 unspecified atom stereocenters. The second kappa shape index (κ2) is 6.48. The van der Waals surface area contributed by atoms with E-state index in [4.69, 9.17) is 4.42 Å². The molecule has 3 aromatic rings. The quantitative estimate of drug-likeness (QED) is 0.320. The van der Waals surface area contributed by atoms with Crippen LogP contribution in [0.5, 0.6) is 5.75 Å². The minimum Gasteiger partial charge on any atom is -0.502 e. The summed E-state index contributed by atoms with van der Waals surface area (Å²) in [6.07, 6.45) is 0. The third kappa shape index (κ3) is 3.13. The Balaban J connectivity index is 1.92. The van der Waals surface area contributed by atoms with Gasteiger partial charge in [-0.15, -0.1) is 4.58 Å². The number of furan rings is 1. The fourth-order valence-corrected chi connectivity index (χ4v) is 2.34. The number of rotatable bonds is 5. The predicted octanol–water partition coefficient (Wildman–Crippen LogP) is 4.00. The van der Waals surface area contributed by atoms with Crippen molar-refractivity contribution in [3.8, 4) is 17.1 Å². The number of non-ortho nitro benzene ring substituents is 2. The summed E-state index contributed by atoms with van der Waals surface area (Å²) in [4.78, 5) is 20.5. The highest BCUT2D eigenvalue weighted by Crippen LogP contribution is 2.35. The van der Waals surface area contributed by atoms with E-state index in [9.17, 15) is 25.3 Å². The van der Waals surface area contributed by atoms with Gasteiger partial charge in [0.25, 0.3) is 17.1 Å². The van der Waals surface area contributed by atoms with Crippen LogP contribution >= 0.6 is 0 Å². The molecule has 0 aliphatic rings. The first kappa shape index (κ1) is 16.8. The van der Waals surface area contributed by atoms with Crippen LogP contribution in [0.2, 0.25) is 0 Å². The van der Waals surface area contributed by atoms with E-state index < -0.39 is 9.85 Å². The zero-order valence-electron chi connectivity index (χ0n) is 13.2. The lowest BCUT2D eigenvalue weighted by Crippen LogP contribution is -2.00. The standard InChI is InChI=1S/C17H11N3O6/c1-18(14-10-13(20(24)25)6-7-15(14)21)17-9-8-16(26-17)11-2-4-12(5-3-11)19(22)23/h2-10H,1H2/p+1. The van der Waals surface area contributed by atoms with Crippen LogP contribution in [0.15, 0.2) is 59.0 Å². The molecule has 0 aliphatic heterocycles. The fraction of sp³-hybridized carbons (Fsp3) is 0. The summed E-state index contributed by atoms with van der Waals surface area (Å²) in [6.45, 7) is 3.75. The highest BCUT2D eigenvalue weighted by Gasteiger charge is 2.23. The SMILES string of the molecule is C=[N+](c1ccc(-c2ccc([N+](=O)[O-])cc2)o1)c1cc([N+](=O)[O-])ccc1O. The van der Waals surface area contributed by atoms with Gasteiger partial charge in [-0.25, -0.2) is 0 Å². The third-order valence-electron chi connectivity index (χ3n) is 3.68. The molecule has 1 aromatic heterocycles. The molecule has 0 amide bonds. The van der Waals surface area contributed by atoms with Crippen molar-refractivity contribution in [2.45, 2.75) is 0 Å². The molecule has 0 radical (unpaired) electrons. The summed E-state index contributed by atoms with van der Waals surface area (Å²) >= 11 is 0. The lowest BCUT2D eigenvalue weighted by atomic mass is 10.1. The molecule has 1 N–H and O–H groups in total. The number of nitrogens with zero attached hydrogens (tertiary/aromatic N) is 3. The Bertz CT molecular complexity index is 1020. The average molecular weight is 354 g/mol.